The van der Waals surface area contributed by atoms with Crippen LogP contribution in [0.2, 0.25) is 0 Å². The predicted molar refractivity (Wildman–Crippen MR) is 113 cm³/mol. The Morgan fingerprint density at radius 2 is 1.91 bits per heavy atom. The lowest BCUT2D eigenvalue weighted by atomic mass is 9.99. The van der Waals surface area contributed by atoms with Gasteiger partial charge in [0.15, 0.2) is 11.5 Å². The molecule has 2 aromatic heterocycles. The van der Waals surface area contributed by atoms with Gasteiger partial charge in [0, 0.05) is 32.1 Å². The molecule has 0 bridgehead atoms. The van der Waals surface area contributed by atoms with E-state index in [0.717, 1.165) is 56.3 Å². The van der Waals surface area contributed by atoms with Gasteiger partial charge in [-0.05, 0) is 31.9 Å². The van der Waals surface area contributed by atoms with Crippen LogP contribution in [0.1, 0.15) is 31.5 Å². The molecule has 10 nitrogen and oxygen atoms in total. The second kappa shape index (κ2) is 10.2. The molecule has 33 heavy (non-hydrogen) atoms. The molecule has 2 aliphatic rings. The summed E-state index contributed by atoms with van der Waals surface area (Å²) in [6.07, 6.45) is -1.32. The molecule has 1 unspecified atom stereocenters. The summed E-state index contributed by atoms with van der Waals surface area (Å²) in [4.78, 5) is 15.8. The molecule has 2 fully saturated rings. The Kier molecular flexibility index (Phi) is 7.80. The molecule has 0 radical (unpaired) electrons. The third kappa shape index (κ3) is 6.32. The molecule has 184 valence electrons. The first-order valence-corrected chi connectivity index (χ1v) is 12.1. The minimum atomic E-state index is -5.08. The van der Waals surface area contributed by atoms with Crippen molar-refractivity contribution in [3.63, 3.8) is 0 Å². The monoisotopic (exact) mass is 493 g/mol. The van der Waals surface area contributed by atoms with Gasteiger partial charge in [0.2, 0.25) is 10.0 Å². The number of hydrogen-bond donors (Lipinski definition) is 1. The van der Waals surface area contributed by atoms with Gasteiger partial charge in [-0.15, -0.1) is 0 Å². The normalized spacial score (nSPS) is 20.4. The topological polar surface area (TPSA) is 117 Å². The van der Waals surface area contributed by atoms with E-state index >= 15 is 0 Å². The van der Waals surface area contributed by atoms with Crippen molar-refractivity contribution in [1.82, 2.24) is 18.9 Å². The van der Waals surface area contributed by atoms with E-state index in [-0.39, 0.29) is 11.7 Å². The minimum absolute atomic E-state index is 0.0526. The highest BCUT2D eigenvalue weighted by molar-refractivity contribution is 7.89. The zero-order chi connectivity index (χ0) is 24.2. The zero-order valence-electron chi connectivity index (χ0n) is 18.0. The molecule has 4 heterocycles. The predicted octanol–water partition coefficient (Wildman–Crippen LogP) is 1.73. The number of ether oxygens (including phenoxy) is 1. The van der Waals surface area contributed by atoms with Gasteiger partial charge < -0.3 is 14.7 Å². The van der Waals surface area contributed by atoms with E-state index in [2.05, 4.69) is 21.0 Å². The van der Waals surface area contributed by atoms with E-state index in [9.17, 15) is 21.6 Å². The average Bonchev–Trinajstić information content (AvgIpc) is 3.23. The number of pyridine rings is 1. The van der Waals surface area contributed by atoms with E-state index in [0.29, 0.717) is 13.1 Å². The van der Waals surface area contributed by atoms with Crippen LogP contribution in [0.5, 0.6) is 0 Å². The second-order valence-corrected chi connectivity index (χ2v) is 9.92. The quantitative estimate of drug-likeness (QED) is 0.685. The summed E-state index contributed by atoms with van der Waals surface area (Å²) in [7, 11) is -3.16. The van der Waals surface area contributed by atoms with Crippen LogP contribution < -0.4 is 4.90 Å². The van der Waals surface area contributed by atoms with Crippen LogP contribution in [0.25, 0.3) is 5.65 Å². The Morgan fingerprint density at radius 1 is 1.24 bits per heavy atom. The summed E-state index contributed by atoms with van der Waals surface area (Å²) in [5, 5.41) is 11.8. The number of fused-ring (bicyclic) bond motifs is 1. The van der Waals surface area contributed by atoms with Crippen molar-refractivity contribution < 1.29 is 36.2 Å². The molecule has 2 saturated heterocycles. The molecule has 0 saturated carbocycles. The number of piperidine rings is 1. The fraction of sp³-hybridized carbons (Fsp3) is 0.632. The summed E-state index contributed by atoms with van der Waals surface area (Å²) in [5.41, 5.74) is 1.91. The van der Waals surface area contributed by atoms with Gasteiger partial charge in [0.1, 0.15) is 0 Å². The van der Waals surface area contributed by atoms with E-state index in [1.165, 1.54) is 0 Å². The smallest absolute Gasteiger partial charge is 0.475 e. The second-order valence-electron chi connectivity index (χ2n) is 7.66. The number of rotatable bonds is 4. The molecule has 0 amide bonds. The molecule has 4 rings (SSSR count). The number of halogens is 3. The van der Waals surface area contributed by atoms with Crippen LogP contribution in [-0.4, -0.2) is 89.7 Å². The minimum Gasteiger partial charge on any atom is -0.475 e. The highest BCUT2D eigenvalue weighted by atomic mass is 32.2. The molecule has 2 aliphatic heterocycles. The van der Waals surface area contributed by atoms with E-state index in [1.807, 2.05) is 16.8 Å². The lowest BCUT2D eigenvalue weighted by Crippen LogP contribution is -2.40. The lowest BCUT2D eigenvalue weighted by molar-refractivity contribution is -0.192. The molecule has 1 atom stereocenters. The third-order valence-electron chi connectivity index (χ3n) is 5.46. The van der Waals surface area contributed by atoms with Crippen molar-refractivity contribution in [2.75, 3.05) is 50.0 Å². The first-order chi connectivity index (χ1) is 15.5. The highest BCUT2D eigenvalue weighted by Crippen LogP contribution is 2.27. The van der Waals surface area contributed by atoms with Crippen LogP contribution in [0.4, 0.5) is 18.9 Å². The van der Waals surface area contributed by atoms with Crippen molar-refractivity contribution in [3.8, 4) is 0 Å². The number of anilines is 1. The Balaban J connectivity index is 0.000000383. The molecule has 2 aromatic rings. The van der Waals surface area contributed by atoms with Crippen molar-refractivity contribution in [1.29, 1.82) is 0 Å². The Labute approximate surface area is 189 Å². The van der Waals surface area contributed by atoms with E-state index in [1.54, 1.807) is 11.2 Å². The number of morpholine rings is 1. The summed E-state index contributed by atoms with van der Waals surface area (Å²) < 4.78 is 64.9. The van der Waals surface area contributed by atoms with Crippen LogP contribution in [0.3, 0.4) is 0 Å². The van der Waals surface area contributed by atoms with Gasteiger partial charge in [-0.25, -0.2) is 27.0 Å². The number of aliphatic carboxylic acids is 1. The number of hydrogen-bond acceptors (Lipinski definition) is 7. The number of nitrogens with zero attached hydrogens (tertiary/aromatic N) is 5. The van der Waals surface area contributed by atoms with Gasteiger partial charge in [-0.2, -0.15) is 18.3 Å². The van der Waals surface area contributed by atoms with Gasteiger partial charge >= 0.3 is 12.1 Å². The maximum absolute atomic E-state index is 12.2. The van der Waals surface area contributed by atoms with Crippen molar-refractivity contribution in [2.45, 2.75) is 31.9 Å². The number of alkyl halides is 3. The molecule has 1 N–H and O–H groups in total. The maximum Gasteiger partial charge on any atom is 0.490 e. The summed E-state index contributed by atoms with van der Waals surface area (Å²) >= 11 is 0. The fourth-order valence-electron chi connectivity index (χ4n) is 3.66. The molecular weight excluding hydrogens is 467 g/mol. The van der Waals surface area contributed by atoms with Crippen molar-refractivity contribution >= 4 is 27.3 Å². The van der Waals surface area contributed by atoms with Gasteiger partial charge in [-0.3, -0.25) is 0 Å². The van der Waals surface area contributed by atoms with Gasteiger partial charge in [0.25, 0.3) is 0 Å². The third-order valence-corrected chi connectivity index (χ3v) is 7.31. The van der Waals surface area contributed by atoms with Crippen LogP contribution in [0, 0.1) is 0 Å². The fourth-order valence-corrected chi connectivity index (χ4v) is 4.84. The Morgan fingerprint density at radius 3 is 2.52 bits per heavy atom. The van der Waals surface area contributed by atoms with Crippen LogP contribution in [0.15, 0.2) is 18.3 Å². The van der Waals surface area contributed by atoms with Crippen molar-refractivity contribution in [2.24, 2.45) is 0 Å². The summed E-state index contributed by atoms with van der Waals surface area (Å²) in [5.74, 6) is -1.83. The highest BCUT2D eigenvalue weighted by Gasteiger charge is 2.38. The molecule has 0 spiro atoms. The number of sulfonamides is 1. The van der Waals surface area contributed by atoms with Crippen molar-refractivity contribution in [3.05, 3.63) is 24.2 Å². The largest absolute Gasteiger partial charge is 0.490 e. The first kappa shape index (κ1) is 25.2. The summed E-state index contributed by atoms with van der Waals surface area (Å²) in [6, 6.07) is 4.04. The number of carbonyl (C=O) groups is 1. The molecule has 0 aliphatic carbocycles. The lowest BCUT2D eigenvalue weighted by Gasteiger charge is -2.30. The van der Waals surface area contributed by atoms with Crippen LogP contribution >= 0.6 is 0 Å². The Bertz CT molecular complexity index is 1070. The first-order valence-electron chi connectivity index (χ1n) is 10.5. The van der Waals surface area contributed by atoms with E-state index < -0.39 is 22.2 Å². The molecular formula is C19H26F3N5O5S. The van der Waals surface area contributed by atoms with E-state index in [4.69, 9.17) is 14.6 Å². The molecule has 14 heteroatoms. The number of carboxylic acid groups (broad SMARTS) is 1. The molecule has 0 aromatic carbocycles. The Hall–Kier alpha value is -2.45. The number of carboxylic acids is 1. The standard InChI is InChI=1S/C17H25N5O3S.C2HF3O2/c1-2-26(23,24)21-7-3-4-14(12-21)17-18-16-6-5-15(13-22(16)19-17)20-8-10-25-11-9-20;3-2(4,5)1(6)7/h5-6,13-14H,2-4,7-12H2,1H3;(H,6,7). The zero-order valence-corrected chi connectivity index (χ0v) is 18.8. The summed E-state index contributed by atoms with van der Waals surface area (Å²) in [6.45, 7) is 5.99. The van der Waals surface area contributed by atoms with Crippen LogP contribution in [-0.2, 0) is 19.6 Å². The SMILES string of the molecule is CCS(=O)(=O)N1CCCC(c2nc3ccc(N4CCOCC4)cn3n2)C1.O=C(O)C(F)(F)F. The average molecular weight is 494 g/mol. The maximum atomic E-state index is 12.2. The van der Waals surface area contributed by atoms with Gasteiger partial charge in [-0.1, -0.05) is 0 Å². The number of aromatic nitrogens is 3. The van der Waals surface area contributed by atoms with Gasteiger partial charge in [0.05, 0.1) is 30.9 Å².